The number of nitrogens with one attached hydrogen (secondary N) is 1. The van der Waals surface area contributed by atoms with Crippen molar-refractivity contribution in [2.45, 2.75) is 6.18 Å². The van der Waals surface area contributed by atoms with Gasteiger partial charge < -0.3 is 0 Å². The molecule has 0 saturated heterocycles. The highest BCUT2D eigenvalue weighted by Gasteiger charge is 2.29. The Labute approximate surface area is 162 Å². The molecule has 4 rings (SSSR count). The molecule has 3 aromatic carbocycles. The second-order valence-electron chi connectivity index (χ2n) is 6.13. The maximum Gasteiger partial charge on any atom is 0.416 e. The summed E-state index contributed by atoms with van der Waals surface area (Å²) in [6.07, 6.45) is -3.07. The summed E-state index contributed by atoms with van der Waals surface area (Å²) in [4.78, 5) is 12.9. The third-order valence-electron chi connectivity index (χ3n) is 4.25. The Bertz CT molecular complexity index is 1190. The molecule has 1 aromatic heterocycles. The summed E-state index contributed by atoms with van der Waals surface area (Å²) >= 11 is 1.37. The average molecular weight is 398 g/mol. The topological polar surface area (TPSA) is 41.5 Å². The van der Waals surface area contributed by atoms with Gasteiger partial charge in [0.05, 0.1) is 16.7 Å². The van der Waals surface area contributed by atoms with Crippen LogP contribution in [0.15, 0.2) is 71.8 Å². The van der Waals surface area contributed by atoms with E-state index in [2.05, 4.69) is 10.5 Å². The maximum atomic E-state index is 12.6. The molecule has 0 saturated carbocycles. The number of thiophene rings is 1. The van der Waals surface area contributed by atoms with E-state index >= 15 is 0 Å². The van der Waals surface area contributed by atoms with Crippen molar-refractivity contribution in [1.82, 2.24) is 5.43 Å². The van der Waals surface area contributed by atoms with E-state index in [-0.39, 0.29) is 5.91 Å². The molecule has 1 N–H and O–H groups in total. The minimum Gasteiger partial charge on any atom is -0.266 e. The van der Waals surface area contributed by atoms with E-state index in [9.17, 15) is 18.0 Å². The second-order valence-corrected chi connectivity index (χ2v) is 7.19. The molecule has 0 atom stereocenters. The summed E-state index contributed by atoms with van der Waals surface area (Å²) in [5.74, 6) is -0.367. The predicted octanol–water partition coefficient (Wildman–Crippen LogP) is 5.84. The minimum atomic E-state index is -4.38. The van der Waals surface area contributed by atoms with Crippen LogP contribution in [0, 0.1) is 0 Å². The van der Waals surface area contributed by atoms with Gasteiger partial charge in [-0.2, -0.15) is 18.3 Å². The number of halogens is 3. The fourth-order valence-corrected chi connectivity index (χ4v) is 3.94. The van der Waals surface area contributed by atoms with Gasteiger partial charge in [-0.25, -0.2) is 5.43 Å². The highest BCUT2D eigenvalue weighted by atomic mass is 32.1. The lowest BCUT2D eigenvalue weighted by Crippen LogP contribution is -2.16. The number of carbonyl (C=O) groups excluding carboxylic acids is 1. The summed E-state index contributed by atoms with van der Waals surface area (Å²) < 4.78 is 38.7. The Balaban J connectivity index is 1.51. The molecule has 4 aromatic rings. The first-order chi connectivity index (χ1) is 13.4. The van der Waals surface area contributed by atoms with Crippen LogP contribution >= 0.6 is 11.3 Å². The molecule has 0 aliphatic carbocycles. The molecule has 3 nitrogen and oxygen atoms in total. The quantitative estimate of drug-likeness (QED) is 0.342. The fraction of sp³-hybridized carbons (Fsp3) is 0.0476. The van der Waals surface area contributed by atoms with E-state index in [4.69, 9.17) is 0 Å². The van der Waals surface area contributed by atoms with Crippen LogP contribution in [0.2, 0.25) is 0 Å². The molecule has 0 radical (unpaired) electrons. The summed E-state index contributed by atoms with van der Waals surface area (Å²) in [5, 5.41) is 7.00. The van der Waals surface area contributed by atoms with E-state index in [1.54, 1.807) is 6.07 Å². The summed E-state index contributed by atoms with van der Waals surface area (Å²) in [6.45, 7) is 0. The first-order valence-electron chi connectivity index (χ1n) is 8.34. The predicted molar refractivity (Wildman–Crippen MR) is 106 cm³/mol. The van der Waals surface area contributed by atoms with Gasteiger partial charge in [0.15, 0.2) is 0 Å². The molecular formula is C21H13F3N2OS. The summed E-state index contributed by atoms with van der Waals surface area (Å²) in [7, 11) is 0. The van der Waals surface area contributed by atoms with Crippen LogP contribution in [-0.4, -0.2) is 12.1 Å². The molecule has 28 heavy (non-hydrogen) atoms. The number of hydrogen-bond donors (Lipinski definition) is 1. The van der Waals surface area contributed by atoms with Crippen molar-refractivity contribution in [3.63, 3.8) is 0 Å². The number of hydrogen-bond acceptors (Lipinski definition) is 3. The highest BCUT2D eigenvalue weighted by molar-refractivity contribution is 7.21. The largest absolute Gasteiger partial charge is 0.416 e. The van der Waals surface area contributed by atoms with Crippen molar-refractivity contribution >= 4 is 44.3 Å². The van der Waals surface area contributed by atoms with Crippen LogP contribution in [0.5, 0.6) is 0 Å². The van der Waals surface area contributed by atoms with Crippen molar-refractivity contribution in [3.8, 4) is 0 Å². The molecule has 1 heterocycles. The van der Waals surface area contributed by atoms with Crippen molar-refractivity contribution in [2.24, 2.45) is 5.10 Å². The third-order valence-corrected chi connectivity index (χ3v) is 5.43. The van der Waals surface area contributed by atoms with Crippen LogP contribution in [0.3, 0.4) is 0 Å². The lowest BCUT2D eigenvalue weighted by Gasteiger charge is -2.05. The molecule has 0 fully saturated rings. The van der Waals surface area contributed by atoms with Gasteiger partial charge in [-0.3, -0.25) is 4.79 Å². The van der Waals surface area contributed by atoms with Crippen LogP contribution in [0.1, 0.15) is 20.8 Å². The Hall–Kier alpha value is -3.19. The number of hydrazone groups is 1. The molecule has 0 aliphatic heterocycles. The molecular weight excluding hydrogens is 385 g/mol. The Morgan fingerprint density at radius 2 is 1.68 bits per heavy atom. The smallest absolute Gasteiger partial charge is 0.266 e. The van der Waals surface area contributed by atoms with E-state index in [0.29, 0.717) is 10.4 Å². The molecule has 0 unspecified atom stereocenters. The lowest BCUT2D eigenvalue weighted by atomic mass is 10.1. The number of rotatable bonds is 3. The van der Waals surface area contributed by atoms with Crippen LogP contribution in [0.25, 0.3) is 20.9 Å². The van der Waals surface area contributed by atoms with Gasteiger partial charge in [0, 0.05) is 4.70 Å². The van der Waals surface area contributed by atoms with Crippen molar-refractivity contribution < 1.29 is 18.0 Å². The number of benzene rings is 3. The van der Waals surface area contributed by atoms with Gasteiger partial charge in [-0.05, 0) is 39.9 Å². The SMILES string of the molecule is O=C(NN=Cc1ccc(C(F)(F)F)cc1)c1cc2ccc3ccccc3c2s1. The highest BCUT2D eigenvalue weighted by Crippen LogP contribution is 2.32. The van der Waals surface area contributed by atoms with Gasteiger partial charge in [0.25, 0.3) is 5.91 Å². The van der Waals surface area contributed by atoms with Crippen molar-refractivity contribution in [3.05, 3.63) is 82.7 Å². The van der Waals surface area contributed by atoms with Crippen molar-refractivity contribution in [1.29, 1.82) is 0 Å². The van der Waals surface area contributed by atoms with Gasteiger partial charge in [-0.1, -0.05) is 48.5 Å². The van der Waals surface area contributed by atoms with Gasteiger partial charge >= 0.3 is 6.18 Å². The molecule has 1 amide bonds. The Kier molecular flexibility index (Phi) is 4.60. The zero-order valence-corrected chi connectivity index (χ0v) is 15.1. The number of alkyl halides is 3. The maximum absolute atomic E-state index is 12.6. The Morgan fingerprint density at radius 1 is 0.964 bits per heavy atom. The zero-order valence-electron chi connectivity index (χ0n) is 14.3. The van der Waals surface area contributed by atoms with E-state index in [1.807, 2.05) is 36.4 Å². The zero-order chi connectivity index (χ0) is 19.7. The van der Waals surface area contributed by atoms with E-state index in [1.165, 1.54) is 29.7 Å². The van der Waals surface area contributed by atoms with E-state index in [0.717, 1.165) is 33.0 Å². The molecule has 140 valence electrons. The number of nitrogens with zero attached hydrogens (tertiary/aromatic N) is 1. The molecule has 0 bridgehead atoms. The van der Waals surface area contributed by atoms with Gasteiger partial charge in [0.1, 0.15) is 0 Å². The number of fused-ring (bicyclic) bond motifs is 3. The second kappa shape index (κ2) is 7.09. The fourth-order valence-electron chi connectivity index (χ4n) is 2.86. The third kappa shape index (κ3) is 3.61. The normalized spacial score (nSPS) is 12.1. The van der Waals surface area contributed by atoms with Gasteiger partial charge in [-0.15, -0.1) is 11.3 Å². The first-order valence-corrected chi connectivity index (χ1v) is 9.15. The molecule has 7 heteroatoms. The molecule has 0 aliphatic rings. The lowest BCUT2D eigenvalue weighted by molar-refractivity contribution is -0.137. The molecule has 0 spiro atoms. The summed E-state index contributed by atoms with van der Waals surface area (Å²) in [5.41, 5.74) is 2.14. The standard InChI is InChI=1S/C21H13F3N2OS/c22-21(23,24)16-9-5-13(6-10-16)12-25-26-20(27)18-11-15-8-7-14-3-1-2-4-17(14)19(15)28-18/h1-12H,(H,26,27). The van der Waals surface area contributed by atoms with Crippen LogP contribution in [0.4, 0.5) is 13.2 Å². The minimum absolute atomic E-state index is 0.367. The monoisotopic (exact) mass is 398 g/mol. The summed E-state index contributed by atoms with van der Waals surface area (Å²) in [6, 6.07) is 18.3. The number of carbonyl (C=O) groups is 1. The van der Waals surface area contributed by atoms with Crippen LogP contribution in [-0.2, 0) is 6.18 Å². The van der Waals surface area contributed by atoms with Crippen molar-refractivity contribution in [2.75, 3.05) is 0 Å². The van der Waals surface area contributed by atoms with Crippen LogP contribution < -0.4 is 5.43 Å². The average Bonchev–Trinajstić information content (AvgIpc) is 3.13. The van der Waals surface area contributed by atoms with E-state index < -0.39 is 11.7 Å². The first kappa shape index (κ1) is 18.2. The van der Waals surface area contributed by atoms with Gasteiger partial charge in [0.2, 0.25) is 0 Å². The number of amides is 1. The Morgan fingerprint density at radius 3 is 2.43 bits per heavy atom.